The first-order valence-corrected chi connectivity index (χ1v) is 6.94. The minimum atomic E-state index is -0.714. The summed E-state index contributed by atoms with van der Waals surface area (Å²) in [6.07, 6.45) is 1.12. The number of nitrogens with two attached hydrogens (primary N) is 1. The molecule has 1 aromatic carbocycles. The highest BCUT2D eigenvalue weighted by atomic mass is 16.5. The van der Waals surface area contributed by atoms with Crippen molar-refractivity contribution < 1.29 is 14.6 Å². The van der Waals surface area contributed by atoms with Gasteiger partial charge in [0, 0.05) is 17.8 Å². The van der Waals surface area contributed by atoms with Gasteiger partial charge in [0.15, 0.2) is 11.9 Å². The van der Waals surface area contributed by atoms with Crippen LogP contribution >= 0.6 is 0 Å². The summed E-state index contributed by atoms with van der Waals surface area (Å²) in [6, 6.07) is 9.45. The molecule has 0 bridgehead atoms. The van der Waals surface area contributed by atoms with Crippen molar-refractivity contribution in [2.45, 2.75) is 32.1 Å². The van der Waals surface area contributed by atoms with E-state index in [1.54, 1.807) is 0 Å². The number of ether oxygens (including phenoxy) is 1. The maximum Gasteiger partial charge on any atom is 0.195 e. The van der Waals surface area contributed by atoms with Crippen LogP contribution in [0.5, 0.6) is 0 Å². The van der Waals surface area contributed by atoms with Gasteiger partial charge in [-0.15, -0.1) is 0 Å². The number of carbonyl (C=O) groups is 1. The number of rotatable bonds is 6. The van der Waals surface area contributed by atoms with Crippen molar-refractivity contribution in [3.8, 4) is 0 Å². The van der Waals surface area contributed by atoms with Crippen molar-refractivity contribution in [3.05, 3.63) is 47.2 Å². The second-order valence-electron chi connectivity index (χ2n) is 5.12. The molecule has 112 valence electrons. The molecule has 1 heterocycles. The molecule has 5 heteroatoms. The highest BCUT2D eigenvalue weighted by molar-refractivity contribution is 6.10. The molecule has 3 N–H and O–H groups in total. The molecule has 0 aromatic heterocycles. The number of hydrogen-bond acceptors (Lipinski definition) is 5. The minimum absolute atomic E-state index is 0.165. The normalized spacial score (nSPS) is 20.0. The molecule has 2 rings (SSSR count). The van der Waals surface area contributed by atoms with Crippen LogP contribution in [-0.2, 0) is 16.1 Å². The summed E-state index contributed by atoms with van der Waals surface area (Å²) >= 11 is 0. The zero-order valence-corrected chi connectivity index (χ0v) is 12.0. The highest BCUT2D eigenvalue weighted by Crippen LogP contribution is 2.20. The Morgan fingerprint density at radius 2 is 2.10 bits per heavy atom. The van der Waals surface area contributed by atoms with Crippen LogP contribution < -0.4 is 5.73 Å². The Bertz CT molecular complexity index is 550. The van der Waals surface area contributed by atoms with Gasteiger partial charge in [0.25, 0.3) is 0 Å². The third-order valence-electron chi connectivity index (χ3n) is 3.22. The SMILES string of the molecule is CC(N)CC1=C(CO)N=CC(OCc2ccccc2)C1=O. The molecule has 2 atom stereocenters. The van der Waals surface area contributed by atoms with E-state index in [-0.39, 0.29) is 18.4 Å². The van der Waals surface area contributed by atoms with Gasteiger partial charge in [-0.05, 0) is 18.9 Å². The summed E-state index contributed by atoms with van der Waals surface area (Å²) in [5, 5.41) is 9.28. The summed E-state index contributed by atoms with van der Waals surface area (Å²) in [4.78, 5) is 16.5. The molecular formula is C16H20N2O3. The van der Waals surface area contributed by atoms with Gasteiger partial charge in [0.2, 0.25) is 0 Å². The van der Waals surface area contributed by atoms with Crippen molar-refractivity contribution in [3.63, 3.8) is 0 Å². The molecule has 0 spiro atoms. The van der Waals surface area contributed by atoms with Crippen LogP contribution in [-0.4, -0.2) is 35.9 Å². The lowest BCUT2D eigenvalue weighted by molar-refractivity contribution is -0.123. The molecule has 0 aliphatic carbocycles. The van der Waals surface area contributed by atoms with Crippen LogP contribution in [0.15, 0.2) is 46.6 Å². The number of aliphatic imine (C=N–C) groups is 1. The lowest BCUT2D eigenvalue weighted by Gasteiger charge is -2.21. The molecule has 0 fully saturated rings. The van der Waals surface area contributed by atoms with Crippen molar-refractivity contribution in [2.24, 2.45) is 10.7 Å². The largest absolute Gasteiger partial charge is 0.390 e. The van der Waals surface area contributed by atoms with Crippen LogP contribution in [0.3, 0.4) is 0 Å². The van der Waals surface area contributed by atoms with Gasteiger partial charge in [-0.3, -0.25) is 9.79 Å². The number of aliphatic hydroxyl groups excluding tert-OH is 1. The summed E-state index contributed by atoms with van der Waals surface area (Å²) < 4.78 is 5.63. The van der Waals surface area contributed by atoms with Gasteiger partial charge in [-0.25, -0.2) is 0 Å². The fourth-order valence-electron chi connectivity index (χ4n) is 2.17. The Hall–Kier alpha value is -1.82. The molecular weight excluding hydrogens is 268 g/mol. The minimum Gasteiger partial charge on any atom is -0.390 e. The molecule has 1 aliphatic rings. The van der Waals surface area contributed by atoms with Crippen LogP contribution in [0.2, 0.25) is 0 Å². The predicted molar refractivity (Wildman–Crippen MR) is 80.9 cm³/mol. The third kappa shape index (κ3) is 4.07. The Kier molecular flexibility index (Phi) is 5.38. The zero-order valence-electron chi connectivity index (χ0n) is 12.0. The lowest BCUT2D eigenvalue weighted by Crippen LogP contribution is -2.33. The summed E-state index contributed by atoms with van der Waals surface area (Å²) in [6.45, 7) is 1.88. The maximum absolute atomic E-state index is 12.4. The second-order valence-corrected chi connectivity index (χ2v) is 5.12. The highest BCUT2D eigenvalue weighted by Gasteiger charge is 2.28. The van der Waals surface area contributed by atoms with Crippen LogP contribution in [0.4, 0.5) is 0 Å². The average Bonchev–Trinajstić information content (AvgIpc) is 2.49. The number of ketones is 1. The lowest BCUT2D eigenvalue weighted by atomic mass is 9.96. The number of hydrogen-bond donors (Lipinski definition) is 2. The first-order valence-electron chi connectivity index (χ1n) is 6.94. The average molecular weight is 288 g/mol. The van der Waals surface area contributed by atoms with Crippen molar-refractivity contribution in [1.29, 1.82) is 0 Å². The van der Waals surface area contributed by atoms with Gasteiger partial charge >= 0.3 is 0 Å². The van der Waals surface area contributed by atoms with Crippen molar-refractivity contribution in [2.75, 3.05) is 6.61 Å². The fraction of sp³-hybridized carbons (Fsp3) is 0.375. The maximum atomic E-state index is 12.4. The quantitative estimate of drug-likeness (QED) is 0.824. The Morgan fingerprint density at radius 3 is 2.71 bits per heavy atom. The number of nitrogens with zero attached hydrogens (tertiary/aromatic N) is 1. The Morgan fingerprint density at radius 1 is 1.38 bits per heavy atom. The standard InChI is InChI=1S/C16H20N2O3/c1-11(17)7-13-14(9-19)18-8-15(16(13)20)21-10-12-5-3-2-4-6-12/h2-6,8,11,15,19H,7,9-10,17H2,1H3. The topological polar surface area (TPSA) is 84.9 Å². The van der Waals surface area contributed by atoms with Crippen LogP contribution in [0.1, 0.15) is 18.9 Å². The summed E-state index contributed by atoms with van der Waals surface area (Å²) in [5.41, 5.74) is 7.59. The number of carbonyl (C=O) groups excluding carboxylic acids is 1. The first-order chi connectivity index (χ1) is 10.1. The van der Waals surface area contributed by atoms with Crippen LogP contribution in [0, 0.1) is 0 Å². The fourth-order valence-corrected chi connectivity index (χ4v) is 2.17. The molecule has 2 unspecified atom stereocenters. The molecule has 1 aliphatic heterocycles. The molecule has 0 saturated carbocycles. The van der Waals surface area contributed by atoms with E-state index in [2.05, 4.69) is 4.99 Å². The predicted octanol–water partition coefficient (Wildman–Crippen LogP) is 1.21. The van der Waals surface area contributed by atoms with E-state index in [1.807, 2.05) is 37.3 Å². The smallest absolute Gasteiger partial charge is 0.195 e. The molecule has 1 aromatic rings. The molecule has 0 amide bonds. The van der Waals surface area contributed by atoms with Gasteiger partial charge in [-0.2, -0.15) is 0 Å². The van der Waals surface area contributed by atoms with E-state index in [9.17, 15) is 9.90 Å². The van der Waals surface area contributed by atoms with E-state index < -0.39 is 6.10 Å². The molecule has 0 radical (unpaired) electrons. The van der Waals surface area contributed by atoms with Gasteiger partial charge < -0.3 is 15.6 Å². The van der Waals surface area contributed by atoms with E-state index in [1.165, 1.54) is 6.21 Å². The van der Waals surface area contributed by atoms with E-state index in [4.69, 9.17) is 10.5 Å². The van der Waals surface area contributed by atoms with E-state index in [0.29, 0.717) is 24.3 Å². The first kappa shape index (κ1) is 15.6. The van der Waals surface area contributed by atoms with Crippen LogP contribution in [0.25, 0.3) is 0 Å². The van der Waals surface area contributed by atoms with E-state index >= 15 is 0 Å². The van der Waals surface area contributed by atoms with Crippen molar-refractivity contribution in [1.82, 2.24) is 0 Å². The van der Waals surface area contributed by atoms with Gasteiger partial charge in [0.05, 0.1) is 18.9 Å². The number of Topliss-reactive ketones (excluding diaryl/α,β-unsaturated/α-hetero) is 1. The van der Waals surface area contributed by atoms with Gasteiger partial charge in [0.1, 0.15) is 0 Å². The Balaban J connectivity index is 2.05. The molecule has 5 nitrogen and oxygen atoms in total. The summed E-state index contributed by atoms with van der Waals surface area (Å²) in [7, 11) is 0. The van der Waals surface area contributed by atoms with E-state index in [0.717, 1.165) is 5.56 Å². The zero-order chi connectivity index (χ0) is 15.2. The molecule has 21 heavy (non-hydrogen) atoms. The summed E-state index contributed by atoms with van der Waals surface area (Å²) in [5.74, 6) is -0.165. The second kappa shape index (κ2) is 7.26. The van der Waals surface area contributed by atoms with Gasteiger partial charge in [-0.1, -0.05) is 30.3 Å². The molecule has 0 saturated heterocycles. The monoisotopic (exact) mass is 288 g/mol. The number of aliphatic hydroxyl groups is 1. The third-order valence-corrected chi connectivity index (χ3v) is 3.22. The Labute approximate surface area is 124 Å². The number of benzene rings is 1. The van der Waals surface area contributed by atoms with Crippen molar-refractivity contribution >= 4 is 12.0 Å².